The van der Waals surface area contributed by atoms with Crippen molar-refractivity contribution in [2.24, 2.45) is 5.14 Å². The van der Waals surface area contributed by atoms with E-state index in [2.05, 4.69) is 4.98 Å². The summed E-state index contributed by atoms with van der Waals surface area (Å²) in [5.74, 6) is 1.63. The quantitative estimate of drug-likeness (QED) is 0.884. The van der Waals surface area contributed by atoms with Crippen molar-refractivity contribution in [2.45, 2.75) is 18.2 Å². The largest absolute Gasteiger partial charge is 0.494 e. The molecule has 0 aliphatic heterocycles. The minimum atomic E-state index is -3.74. The predicted molar refractivity (Wildman–Crippen MR) is 77.9 cm³/mol. The summed E-state index contributed by atoms with van der Waals surface area (Å²) in [5.41, 5.74) is 0. The van der Waals surface area contributed by atoms with Gasteiger partial charge in [-0.2, -0.15) is 0 Å². The van der Waals surface area contributed by atoms with Gasteiger partial charge in [-0.25, -0.2) is 18.5 Å². The first kappa shape index (κ1) is 15.3. The minimum absolute atomic E-state index is 0.0573. The van der Waals surface area contributed by atoms with Crippen molar-refractivity contribution < 1.29 is 17.9 Å². The van der Waals surface area contributed by atoms with Crippen LogP contribution < -0.4 is 14.6 Å². The molecule has 1 heterocycles. The number of benzene rings is 1. The first-order chi connectivity index (χ1) is 9.99. The molecule has 1 aromatic carbocycles. The third kappa shape index (κ3) is 4.44. The Morgan fingerprint density at radius 2 is 1.76 bits per heavy atom. The average Bonchev–Trinajstić information content (AvgIpc) is 2.46. The number of hydrogen-bond acceptors (Lipinski definition) is 5. The van der Waals surface area contributed by atoms with Crippen LogP contribution in [0.25, 0.3) is 0 Å². The lowest BCUT2D eigenvalue weighted by Gasteiger charge is -2.07. The summed E-state index contributed by atoms with van der Waals surface area (Å²) in [6.45, 7) is 2.70. The lowest BCUT2D eigenvalue weighted by molar-refractivity contribution is 0.317. The van der Waals surface area contributed by atoms with Crippen molar-refractivity contribution in [3.05, 3.63) is 42.6 Å². The van der Waals surface area contributed by atoms with Gasteiger partial charge >= 0.3 is 0 Å². The molecule has 0 saturated carbocycles. The summed E-state index contributed by atoms with van der Waals surface area (Å²) in [6, 6.07) is 9.88. The van der Waals surface area contributed by atoms with Gasteiger partial charge in [0.25, 0.3) is 0 Å². The zero-order valence-electron chi connectivity index (χ0n) is 11.5. The number of nitrogens with two attached hydrogens (primary N) is 1. The maximum absolute atomic E-state index is 11.1. The maximum Gasteiger partial charge on any atom is 0.239 e. The lowest BCUT2D eigenvalue weighted by atomic mass is 10.3. The molecule has 0 amide bonds. The topological polar surface area (TPSA) is 91.5 Å². The molecule has 0 fully saturated rings. The van der Waals surface area contributed by atoms with E-state index in [4.69, 9.17) is 14.6 Å². The Morgan fingerprint density at radius 3 is 2.29 bits per heavy atom. The zero-order valence-corrected chi connectivity index (χ0v) is 12.3. The number of nitrogens with zero attached hydrogens (tertiary/aromatic N) is 1. The molecule has 0 unspecified atom stereocenters. The van der Waals surface area contributed by atoms with Crippen molar-refractivity contribution in [1.82, 2.24) is 4.98 Å². The van der Waals surface area contributed by atoms with Crippen molar-refractivity contribution in [2.75, 3.05) is 6.61 Å². The zero-order chi connectivity index (χ0) is 15.3. The van der Waals surface area contributed by atoms with Crippen molar-refractivity contribution in [3.63, 3.8) is 0 Å². The second-order valence-corrected chi connectivity index (χ2v) is 5.86. The highest BCUT2D eigenvalue weighted by Crippen LogP contribution is 2.23. The number of rotatable bonds is 6. The summed E-state index contributed by atoms with van der Waals surface area (Å²) < 4.78 is 33.2. The maximum atomic E-state index is 11.1. The van der Waals surface area contributed by atoms with Crippen LogP contribution in [0, 0.1) is 0 Å². The van der Waals surface area contributed by atoms with Crippen LogP contribution in [0.1, 0.15) is 13.3 Å². The third-order valence-corrected chi connectivity index (χ3v) is 3.46. The van der Waals surface area contributed by atoms with Gasteiger partial charge in [-0.05, 0) is 36.8 Å². The van der Waals surface area contributed by atoms with Gasteiger partial charge in [0.15, 0.2) is 0 Å². The van der Waals surface area contributed by atoms with Gasteiger partial charge in [0.1, 0.15) is 16.4 Å². The smallest absolute Gasteiger partial charge is 0.239 e. The van der Waals surface area contributed by atoms with Crippen LogP contribution in [0.5, 0.6) is 17.4 Å². The Hall–Kier alpha value is -2.12. The standard InChI is InChI=1S/C14H16N2O4S/c1-2-9-19-11-3-5-12(6-4-11)20-14-8-7-13(10-16-14)21(15,17)18/h3-8,10H,2,9H2,1H3,(H2,15,17,18). The van der Waals surface area contributed by atoms with E-state index in [0.29, 0.717) is 12.4 Å². The van der Waals surface area contributed by atoms with E-state index in [1.807, 2.05) is 6.92 Å². The van der Waals surface area contributed by atoms with E-state index < -0.39 is 10.0 Å². The molecule has 0 aliphatic rings. The first-order valence-corrected chi connectivity index (χ1v) is 7.93. The predicted octanol–water partition coefficient (Wildman–Crippen LogP) is 2.31. The van der Waals surface area contributed by atoms with Crippen molar-refractivity contribution in [3.8, 4) is 17.4 Å². The molecule has 2 aromatic rings. The van der Waals surface area contributed by atoms with Crippen LogP contribution in [0.15, 0.2) is 47.5 Å². The van der Waals surface area contributed by atoms with Gasteiger partial charge in [-0.3, -0.25) is 0 Å². The molecule has 0 atom stereocenters. The fraction of sp³-hybridized carbons (Fsp3) is 0.214. The van der Waals surface area contributed by atoms with Crippen LogP contribution in [0.3, 0.4) is 0 Å². The van der Waals surface area contributed by atoms with Crippen LogP contribution >= 0.6 is 0 Å². The molecule has 0 bridgehead atoms. The number of aromatic nitrogens is 1. The summed E-state index contributed by atoms with van der Waals surface area (Å²) in [7, 11) is -3.74. The highest BCUT2D eigenvalue weighted by Gasteiger charge is 2.08. The molecule has 0 spiro atoms. The summed E-state index contributed by atoms with van der Waals surface area (Å²) >= 11 is 0. The van der Waals surface area contributed by atoms with E-state index in [0.717, 1.165) is 18.4 Å². The molecular formula is C14H16N2O4S. The summed E-state index contributed by atoms with van der Waals surface area (Å²) in [5, 5.41) is 4.99. The Balaban J connectivity index is 2.04. The van der Waals surface area contributed by atoms with Gasteiger partial charge in [-0.1, -0.05) is 6.92 Å². The lowest BCUT2D eigenvalue weighted by Crippen LogP contribution is -2.12. The van der Waals surface area contributed by atoms with E-state index in [1.165, 1.54) is 12.1 Å². The van der Waals surface area contributed by atoms with Gasteiger partial charge in [0.2, 0.25) is 15.9 Å². The minimum Gasteiger partial charge on any atom is -0.494 e. The Morgan fingerprint density at radius 1 is 1.10 bits per heavy atom. The highest BCUT2D eigenvalue weighted by molar-refractivity contribution is 7.89. The molecule has 6 nitrogen and oxygen atoms in total. The monoisotopic (exact) mass is 308 g/mol. The van der Waals surface area contributed by atoms with Gasteiger partial charge < -0.3 is 9.47 Å². The number of sulfonamides is 1. The fourth-order valence-electron chi connectivity index (χ4n) is 1.54. The molecular weight excluding hydrogens is 292 g/mol. The Bertz CT molecular complexity index is 682. The van der Waals surface area contributed by atoms with Crippen LogP contribution in [0.4, 0.5) is 0 Å². The van der Waals surface area contributed by atoms with Crippen molar-refractivity contribution >= 4 is 10.0 Å². The Labute approximate surface area is 123 Å². The second kappa shape index (κ2) is 6.55. The van der Waals surface area contributed by atoms with Crippen molar-refractivity contribution in [1.29, 1.82) is 0 Å². The van der Waals surface area contributed by atoms with Crippen LogP contribution in [0.2, 0.25) is 0 Å². The van der Waals surface area contributed by atoms with Gasteiger partial charge in [0.05, 0.1) is 12.8 Å². The molecule has 0 radical (unpaired) electrons. The first-order valence-electron chi connectivity index (χ1n) is 6.38. The van der Waals surface area contributed by atoms with E-state index in [1.54, 1.807) is 24.3 Å². The number of primary sulfonamides is 1. The molecule has 112 valence electrons. The van der Waals surface area contributed by atoms with Crippen LogP contribution in [-0.2, 0) is 10.0 Å². The van der Waals surface area contributed by atoms with E-state index in [9.17, 15) is 8.42 Å². The molecule has 7 heteroatoms. The molecule has 2 rings (SSSR count). The van der Waals surface area contributed by atoms with Gasteiger partial charge in [0, 0.05) is 6.07 Å². The molecule has 1 aromatic heterocycles. The third-order valence-electron chi connectivity index (χ3n) is 2.56. The SMILES string of the molecule is CCCOc1ccc(Oc2ccc(S(N)(=O)=O)cn2)cc1. The highest BCUT2D eigenvalue weighted by atomic mass is 32.2. The normalized spacial score (nSPS) is 11.1. The van der Waals surface area contributed by atoms with E-state index in [-0.39, 0.29) is 10.8 Å². The molecule has 0 aliphatic carbocycles. The van der Waals surface area contributed by atoms with E-state index >= 15 is 0 Å². The summed E-state index contributed by atoms with van der Waals surface area (Å²) in [4.78, 5) is 3.84. The summed E-state index contributed by atoms with van der Waals surface area (Å²) in [6.07, 6.45) is 2.10. The number of pyridine rings is 1. The van der Waals surface area contributed by atoms with Gasteiger partial charge in [-0.15, -0.1) is 0 Å². The number of ether oxygens (including phenoxy) is 2. The molecule has 2 N–H and O–H groups in total. The second-order valence-electron chi connectivity index (χ2n) is 4.30. The number of hydrogen-bond donors (Lipinski definition) is 1. The molecule has 21 heavy (non-hydrogen) atoms. The fourth-order valence-corrected chi connectivity index (χ4v) is 2.00. The Kier molecular flexibility index (Phi) is 4.77. The van der Waals surface area contributed by atoms with Crippen LogP contribution in [-0.4, -0.2) is 20.0 Å². The molecule has 0 saturated heterocycles. The average molecular weight is 308 g/mol.